The number of aryl methyl sites for hydroxylation is 1. The molecule has 3 N–H and O–H groups in total. The number of nitrogens with one attached hydrogen (secondary N) is 1. The van der Waals surface area contributed by atoms with E-state index in [2.05, 4.69) is 4.98 Å². The van der Waals surface area contributed by atoms with Crippen molar-refractivity contribution in [1.29, 1.82) is 0 Å². The number of nitrogens with two attached hydrogens (primary N) is 1. The highest BCUT2D eigenvalue weighted by Crippen LogP contribution is 2.25. The number of pyridine rings is 1. The van der Waals surface area contributed by atoms with Gasteiger partial charge in [0.25, 0.3) is 0 Å². The van der Waals surface area contributed by atoms with Crippen molar-refractivity contribution in [2.75, 3.05) is 0 Å². The summed E-state index contributed by atoms with van der Waals surface area (Å²) >= 11 is 0. The van der Waals surface area contributed by atoms with Crippen molar-refractivity contribution in [2.24, 2.45) is 5.84 Å². The van der Waals surface area contributed by atoms with E-state index in [9.17, 15) is 14.9 Å². The fourth-order valence-electron chi connectivity index (χ4n) is 1.57. The number of carbonyl (C=O) groups excluding carboxylic acids is 1. The maximum absolute atomic E-state index is 11.2. The van der Waals surface area contributed by atoms with Crippen LogP contribution in [0.25, 0.3) is 0 Å². The van der Waals surface area contributed by atoms with E-state index in [1.54, 1.807) is 13.0 Å². The summed E-state index contributed by atoms with van der Waals surface area (Å²) in [6.45, 7) is 1.56. The number of aromatic nitrogens is 1. The topological polar surface area (TPSA) is 134 Å². The largest absolute Gasteiger partial charge is 0.477 e. The van der Waals surface area contributed by atoms with Gasteiger partial charge in [0.05, 0.1) is 0 Å². The number of nitrogens with zero attached hydrogens (tertiary/aromatic N) is 2. The molecule has 0 aliphatic rings. The van der Waals surface area contributed by atoms with Crippen LogP contribution in [-0.4, -0.2) is 15.8 Å². The highest BCUT2D eigenvalue weighted by Gasteiger charge is 2.18. The van der Waals surface area contributed by atoms with E-state index in [0.29, 0.717) is 11.5 Å². The number of hydrazine groups is 1. The van der Waals surface area contributed by atoms with Gasteiger partial charge in [0.2, 0.25) is 5.75 Å². The molecule has 0 unspecified atom stereocenters. The van der Waals surface area contributed by atoms with Crippen molar-refractivity contribution in [3.8, 4) is 5.75 Å². The predicted octanol–water partition coefficient (Wildman–Crippen LogP) is 1.07. The monoisotopic (exact) mass is 292 g/mol. The van der Waals surface area contributed by atoms with Crippen LogP contribution >= 0.6 is 0 Å². The molecule has 0 aliphatic carbocycles. The average Bonchev–Trinajstić information content (AvgIpc) is 2.93. The van der Waals surface area contributed by atoms with E-state index in [0.717, 1.165) is 0 Å². The van der Waals surface area contributed by atoms with Gasteiger partial charge in [-0.25, -0.2) is 5.84 Å². The third-order valence-corrected chi connectivity index (χ3v) is 2.54. The summed E-state index contributed by atoms with van der Waals surface area (Å²) < 4.78 is 10.5. The Balaban J connectivity index is 2.11. The van der Waals surface area contributed by atoms with Crippen LogP contribution in [0.3, 0.4) is 0 Å². The molecule has 0 aliphatic heterocycles. The van der Waals surface area contributed by atoms with E-state index in [4.69, 9.17) is 15.0 Å². The van der Waals surface area contributed by atoms with Crippen molar-refractivity contribution in [3.05, 3.63) is 51.6 Å². The predicted molar refractivity (Wildman–Crippen MR) is 70.3 cm³/mol. The number of hydrogen-bond acceptors (Lipinski definition) is 7. The summed E-state index contributed by atoms with van der Waals surface area (Å²) in [6, 6.07) is 5.98. The van der Waals surface area contributed by atoms with Crippen LogP contribution in [0.15, 0.2) is 28.7 Å². The molecule has 0 bridgehead atoms. The van der Waals surface area contributed by atoms with E-state index >= 15 is 0 Å². The molecule has 1 amide bonds. The van der Waals surface area contributed by atoms with Crippen LogP contribution in [-0.2, 0) is 6.61 Å². The van der Waals surface area contributed by atoms with Crippen molar-refractivity contribution < 1.29 is 18.9 Å². The highest BCUT2D eigenvalue weighted by molar-refractivity contribution is 5.90. The highest BCUT2D eigenvalue weighted by atomic mass is 16.6. The van der Waals surface area contributed by atoms with Crippen LogP contribution in [0.1, 0.15) is 22.0 Å². The summed E-state index contributed by atoms with van der Waals surface area (Å²) in [5, 5.41) is 10.9. The molecule has 2 aromatic heterocycles. The molecule has 0 fully saturated rings. The SMILES string of the molecule is Cc1ccc(OCc2ccc(C(=O)NN)o2)c([N+](=O)[O-])n1. The number of hydrogen-bond donors (Lipinski definition) is 2. The molecule has 0 atom stereocenters. The van der Waals surface area contributed by atoms with Gasteiger partial charge in [-0.05, 0) is 34.2 Å². The minimum atomic E-state index is -0.627. The van der Waals surface area contributed by atoms with E-state index < -0.39 is 10.8 Å². The Morgan fingerprint density at radius 2 is 2.24 bits per heavy atom. The molecule has 9 nitrogen and oxygen atoms in total. The van der Waals surface area contributed by atoms with Gasteiger partial charge < -0.3 is 19.3 Å². The summed E-state index contributed by atoms with van der Waals surface area (Å²) in [5.41, 5.74) is 2.43. The summed E-state index contributed by atoms with van der Waals surface area (Å²) in [7, 11) is 0. The molecule has 9 heteroatoms. The molecule has 2 rings (SSSR count). The second-order valence-electron chi connectivity index (χ2n) is 4.06. The van der Waals surface area contributed by atoms with Crippen molar-refractivity contribution in [3.63, 3.8) is 0 Å². The van der Waals surface area contributed by atoms with E-state index in [1.807, 2.05) is 5.43 Å². The third kappa shape index (κ3) is 3.34. The standard InChI is InChI=1S/C12H12N4O5/c1-7-2-4-9(11(14-7)16(18)19)20-6-8-3-5-10(21-8)12(17)15-13/h2-5H,6,13H2,1H3,(H,15,17). The molecule has 0 saturated carbocycles. The Morgan fingerprint density at radius 1 is 1.48 bits per heavy atom. The molecular formula is C12H12N4O5. The number of furan rings is 1. The number of ether oxygens (including phenoxy) is 1. The quantitative estimate of drug-likeness (QED) is 0.364. The fraction of sp³-hybridized carbons (Fsp3) is 0.167. The second-order valence-corrected chi connectivity index (χ2v) is 4.06. The normalized spacial score (nSPS) is 10.2. The van der Waals surface area contributed by atoms with Crippen LogP contribution in [0.5, 0.6) is 5.75 Å². The van der Waals surface area contributed by atoms with Crippen LogP contribution in [0.4, 0.5) is 5.82 Å². The van der Waals surface area contributed by atoms with Gasteiger partial charge in [0, 0.05) is 6.92 Å². The van der Waals surface area contributed by atoms with E-state index in [1.165, 1.54) is 18.2 Å². The summed E-state index contributed by atoms with van der Waals surface area (Å²) in [6.07, 6.45) is 0. The minimum absolute atomic E-state index is 0.0202. The molecule has 0 spiro atoms. The van der Waals surface area contributed by atoms with Gasteiger partial charge in [-0.1, -0.05) is 0 Å². The minimum Gasteiger partial charge on any atom is -0.477 e. The average molecular weight is 292 g/mol. The Labute approximate surface area is 118 Å². The van der Waals surface area contributed by atoms with Crippen molar-refractivity contribution >= 4 is 11.7 Å². The Bertz CT molecular complexity index is 682. The second kappa shape index (κ2) is 6.01. The smallest absolute Gasteiger partial charge is 0.406 e. The Morgan fingerprint density at radius 3 is 2.90 bits per heavy atom. The maximum atomic E-state index is 11.2. The van der Waals surface area contributed by atoms with Crippen LogP contribution in [0, 0.1) is 17.0 Å². The van der Waals surface area contributed by atoms with Gasteiger partial charge >= 0.3 is 11.7 Å². The lowest BCUT2D eigenvalue weighted by Gasteiger charge is -2.04. The van der Waals surface area contributed by atoms with Gasteiger partial charge in [-0.2, -0.15) is 0 Å². The molecule has 0 radical (unpaired) electrons. The first kappa shape index (κ1) is 14.5. The van der Waals surface area contributed by atoms with Crippen molar-refractivity contribution in [1.82, 2.24) is 10.4 Å². The molecular weight excluding hydrogens is 280 g/mol. The van der Waals surface area contributed by atoms with Gasteiger partial charge in [0.1, 0.15) is 18.1 Å². The van der Waals surface area contributed by atoms with Gasteiger partial charge in [-0.3, -0.25) is 10.2 Å². The van der Waals surface area contributed by atoms with Crippen molar-refractivity contribution in [2.45, 2.75) is 13.5 Å². The summed E-state index contributed by atoms with van der Waals surface area (Å²) in [5.74, 6) is 4.38. The number of carbonyl (C=O) groups is 1. The zero-order chi connectivity index (χ0) is 15.4. The number of nitrogen functional groups attached to an aromatic ring is 1. The van der Waals surface area contributed by atoms with Crippen LogP contribution < -0.4 is 16.0 Å². The zero-order valence-corrected chi connectivity index (χ0v) is 11.0. The molecule has 0 aromatic carbocycles. The lowest BCUT2D eigenvalue weighted by Crippen LogP contribution is -2.29. The lowest BCUT2D eigenvalue weighted by atomic mass is 10.3. The molecule has 110 valence electrons. The first-order valence-electron chi connectivity index (χ1n) is 5.85. The molecule has 21 heavy (non-hydrogen) atoms. The molecule has 2 aromatic rings. The Kier molecular flexibility index (Phi) is 4.14. The van der Waals surface area contributed by atoms with Gasteiger partial charge in [0.15, 0.2) is 5.76 Å². The number of rotatable bonds is 5. The Hall–Kier alpha value is -2.94. The lowest BCUT2D eigenvalue weighted by molar-refractivity contribution is -0.390. The first-order valence-corrected chi connectivity index (χ1v) is 5.85. The molecule has 0 saturated heterocycles. The number of nitro groups is 1. The van der Waals surface area contributed by atoms with E-state index in [-0.39, 0.29) is 23.9 Å². The summed E-state index contributed by atoms with van der Waals surface area (Å²) in [4.78, 5) is 25.3. The molecule has 2 heterocycles. The number of amides is 1. The maximum Gasteiger partial charge on any atom is 0.406 e. The van der Waals surface area contributed by atoms with Crippen LogP contribution in [0.2, 0.25) is 0 Å². The third-order valence-electron chi connectivity index (χ3n) is 2.54. The van der Waals surface area contributed by atoms with Gasteiger partial charge in [-0.15, -0.1) is 0 Å². The first-order chi connectivity index (χ1) is 10.0. The fourth-order valence-corrected chi connectivity index (χ4v) is 1.57. The zero-order valence-electron chi connectivity index (χ0n) is 11.0.